The first-order valence-electron chi connectivity index (χ1n) is 7.45. The van der Waals surface area contributed by atoms with Crippen LogP contribution in [0, 0.1) is 0 Å². The molecule has 116 valence electrons. The summed E-state index contributed by atoms with van der Waals surface area (Å²) in [4.78, 5) is 0. The van der Waals surface area contributed by atoms with E-state index in [1.54, 1.807) is 0 Å². The number of halogens is 1. The van der Waals surface area contributed by atoms with E-state index < -0.39 is 0 Å². The van der Waals surface area contributed by atoms with E-state index in [1.165, 1.54) is 0 Å². The summed E-state index contributed by atoms with van der Waals surface area (Å²) >= 11 is 6.03. The van der Waals surface area contributed by atoms with E-state index in [9.17, 15) is 0 Å². The van der Waals surface area contributed by atoms with Crippen molar-refractivity contribution in [2.75, 3.05) is 13.2 Å². The number of fused-ring (bicyclic) bond motifs is 1. The number of rotatable bonds is 6. The molecule has 1 unspecified atom stereocenters. The van der Waals surface area contributed by atoms with Crippen molar-refractivity contribution in [3.05, 3.63) is 35.0 Å². The molecule has 1 aromatic heterocycles. The van der Waals surface area contributed by atoms with Crippen LogP contribution in [-0.2, 0) is 4.74 Å². The van der Waals surface area contributed by atoms with Gasteiger partial charge < -0.3 is 14.5 Å². The van der Waals surface area contributed by atoms with E-state index in [0.717, 1.165) is 34.7 Å². The maximum Gasteiger partial charge on any atom is 0.134 e. The Bertz CT molecular complexity index is 586. The summed E-state index contributed by atoms with van der Waals surface area (Å²) in [5, 5.41) is 5.23. The van der Waals surface area contributed by atoms with Crippen molar-refractivity contribution in [1.29, 1.82) is 0 Å². The van der Waals surface area contributed by atoms with Crippen molar-refractivity contribution in [1.82, 2.24) is 5.32 Å². The monoisotopic (exact) mass is 309 g/mol. The standard InChI is InChI=1S/C17H24ClNO2/c1-5-8-19-14(11-20-17(2,3)4)16-10-12-9-13(18)6-7-15(12)21-16/h6-7,9-10,14,19H,5,8,11H2,1-4H3. The molecule has 1 heterocycles. The summed E-state index contributed by atoms with van der Waals surface area (Å²) in [6.07, 6.45) is 1.07. The summed E-state index contributed by atoms with van der Waals surface area (Å²) in [7, 11) is 0. The van der Waals surface area contributed by atoms with Gasteiger partial charge in [-0.1, -0.05) is 18.5 Å². The normalized spacial score (nSPS) is 13.8. The smallest absolute Gasteiger partial charge is 0.134 e. The first-order chi connectivity index (χ1) is 9.89. The molecule has 0 bridgehead atoms. The van der Waals surface area contributed by atoms with Gasteiger partial charge in [0.25, 0.3) is 0 Å². The highest BCUT2D eigenvalue weighted by Gasteiger charge is 2.20. The Balaban J connectivity index is 2.20. The molecule has 0 fully saturated rings. The predicted octanol–water partition coefficient (Wildman–Crippen LogP) is 4.94. The Morgan fingerprint density at radius 1 is 1.29 bits per heavy atom. The summed E-state index contributed by atoms with van der Waals surface area (Å²) in [5.41, 5.74) is 0.690. The average Bonchev–Trinajstić information content (AvgIpc) is 2.80. The van der Waals surface area contributed by atoms with Gasteiger partial charge in [0.1, 0.15) is 11.3 Å². The zero-order valence-electron chi connectivity index (χ0n) is 13.2. The van der Waals surface area contributed by atoms with Crippen LogP contribution in [0.5, 0.6) is 0 Å². The molecular weight excluding hydrogens is 286 g/mol. The van der Waals surface area contributed by atoms with Crippen molar-refractivity contribution >= 4 is 22.6 Å². The van der Waals surface area contributed by atoms with Gasteiger partial charge in [-0.3, -0.25) is 0 Å². The van der Waals surface area contributed by atoms with E-state index in [0.29, 0.717) is 6.61 Å². The van der Waals surface area contributed by atoms with E-state index in [-0.39, 0.29) is 11.6 Å². The van der Waals surface area contributed by atoms with Gasteiger partial charge >= 0.3 is 0 Å². The van der Waals surface area contributed by atoms with Crippen LogP contribution in [0.15, 0.2) is 28.7 Å². The van der Waals surface area contributed by atoms with E-state index >= 15 is 0 Å². The Hall–Kier alpha value is -1.03. The summed E-state index contributed by atoms with van der Waals surface area (Å²) < 4.78 is 11.9. The number of hydrogen-bond donors (Lipinski definition) is 1. The van der Waals surface area contributed by atoms with Crippen molar-refractivity contribution in [2.45, 2.75) is 45.8 Å². The van der Waals surface area contributed by atoms with Crippen LogP contribution in [0.3, 0.4) is 0 Å². The Morgan fingerprint density at radius 3 is 2.71 bits per heavy atom. The molecule has 0 saturated carbocycles. The number of hydrogen-bond acceptors (Lipinski definition) is 3. The lowest BCUT2D eigenvalue weighted by Crippen LogP contribution is -2.30. The lowest BCUT2D eigenvalue weighted by molar-refractivity contribution is -0.0170. The minimum Gasteiger partial charge on any atom is -0.459 e. The molecule has 1 N–H and O–H groups in total. The Kier molecular flexibility index (Phi) is 5.31. The van der Waals surface area contributed by atoms with Gasteiger partial charge in [-0.15, -0.1) is 0 Å². The number of furan rings is 1. The van der Waals surface area contributed by atoms with Crippen LogP contribution in [0.2, 0.25) is 5.02 Å². The molecule has 0 radical (unpaired) electrons. The number of benzene rings is 1. The molecule has 0 saturated heterocycles. The molecule has 2 rings (SSSR count). The van der Waals surface area contributed by atoms with Crippen molar-refractivity contribution < 1.29 is 9.15 Å². The molecule has 0 amide bonds. The van der Waals surface area contributed by atoms with Crippen LogP contribution in [0.25, 0.3) is 11.0 Å². The van der Waals surface area contributed by atoms with E-state index in [4.69, 9.17) is 20.8 Å². The van der Waals surface area contributed by atoms with Crippen molar-refractivity contribution in [3.63, 3.8) is 0 Å². The molecule has 0 aliphatic heterocycles. The molecule has 1 atom stereocenters. The van der Waals surface area contributed by atoms with Crippen LogP contribution in [0.4, 0.5) is 0 Å². The molecule has 4 heteroatoms. The molecule has 1 aromatic carbocycles. The lowest BCUT2D eigenvalue weighted by atomic mass is 10.1. The quantitative estimate of drug-likeness (QED) is 0.820. The highest BCUT2D eigenvalue weighted by atomic mass is 35.5. The molecule has 21 heavy (non-hydrogen) atoms. The van der Waals surface area contributed by atoms with Gasteiger partial charge in [0.15, 0.2) is 0 Å². The van der Waals surface area contributed by atoms with Crippen LogP contribution < -0.4 is 5.32 Å². The zero-order chi connectivity index (χ0) is 15.5. The fourth-order valence-corrected chi connectivity index (χ4v) is 2.28. The minimum absolute atomic E-state index is 0.0513. The van der Waals surface area contributed by atoms with E-state index in [2.05, 4.69) is 33.0 Å². The molecular formula is C17H24ClNO2. The van der Waals surface area contributed by atoms with Crippen LogP contribution >= 0.6 is 11.6 Å². The highest BCUT2D eigenvalue weighted by Crippen LogP contribution is 2.27. The fraction of sp³-hybridized carbons (Fsp3) is 0.529. The second-order valence-corrected chi connectivity index (χ2v) is 6.70. The van der Waals surface area contributed by atoms with Crippen LogP contribution in [-0.4, -0.2) is 18.8 Å². The van der Waals surface area contributed by atoms with Gasteiger partial charge in [0.05, 0.1) is 18.2 Å². The van der Waals surface area contributed by atoms with Gasteiger partial charge in [0, 0.05) is 10.4 Å². The van der Waals surface area contributed by atoms with Gasteiger partial charge in [-0.05, 0) is 58.0 Å². The molecule has 0 aliphatic rings. The Morgan fingerprint density at radius 2 is 2.05 bits per heavy atom. The third kappa shape index (κ3) is 4.73. The van der Waals surface area contributed by atoms with Crippen LogP contribution in [0.1, 0.15) is 45.9 Å². The van der Waals surface area contributed by atoms with Crippen molar-refractivity contribution in [3.8, 4) is 0 Å². The molecule has 2 aromatic rings. The fourth-order valence-electron chi connectivity index (χ4n) is 2.10. The second kappa shape index (κ2) is 6.82. The summed E-state index contributed by atoms with van der Waals surface area (Å²) in [6.45, 7) is 9.83. The SMILES string of the molecule is CCCNC(COC(C)(C)C)c1cc2cc(Cl)ccc2o1. The largest absolute Gasteiger partial charge is 0.459 e. The first-order valence-corrected chi connectivity index (χ1v) is 7.83. The lowest BCUT2D eigenvalue weighted by Gasteiger charge is -2.24. The predicted molar refractivity (Wildman–Crippen MR) is 88.0 cm³/mol. The average molecular weight is 310 g/mol. The van der Waals surface area contributed by atoms with Gasteiger partial charge in [-0.25, -0.2) is 0 Å². The maximum absolute atomic E-state index is 6.03. The minimum atomic E-state index is -0.165. The molecule has 0 aliphatic carbocycles. The molecule has 3 nitrogen and oxygen atoms in total. The third-order valence-electron chi connectivity index (χ3n) is 3.16. The zero-order valence-corrected chi connectivity index (χ0v) is 14.0. The third-order valence-corrected chi connectivity index (χ3v) is 3.40. The number of nitrogens with one attached hydrogen (secondary N) is 1. The second-order valence-electron chi connectivity index (χ2n) is 6.26. The maximum atomic E-state index is 6.03. The highest BCUT2D eigenvalue weighted by molar-refractivity contribution is 6.31. The van der Waals surface area contributed by atoms with E-state index in [1.807, 2.05) is 24.3 Å². The van der Waals surface area contributed by atoms with Gasteiger partial charge in [0.2, 0.25) is 0 Å². The first kappa shape index (κ1) is 16.3. The van der Waals surface area contributed by atoms with Crippen molar-refractivity contribution in [2.24, 2.45) is 0 Å². The summed E-state index contributed by atoms with van der Waals surface area (Å²) in [6, 6.07) is 7.77. The Labute approximate surface area is 131 Å². The van der Waals surface area contributed by atoms with Gasteiger partial charge in [-0.2, -0.15) is 0 Å². The number of ether oxygens (including phenoxy) is 1. The molecule has 0 spiro atoms. The summed E-state index contributed by atoms with van der Waals surface area (Å²) in [5.74, 6) is 0.893. The topological polar surface area (TPSA) is 34.4 Å².